The number of nitrogens with zero attached hydrogens (tertiary/aromatic N) is 2. The molecule has 0 aliphatic carbocycles. The normalized spacial score (nSPS) is 15.6. The summed E-state index contributed by atoms with van der Waals surface area (Å²) in [5.41, 5.74) is -1.51. The molecule has 1 aromatic carbocycles. The molecule has 0 spiro atoms. The maximum absolute atomic E-state index is 13.1. The van der Waals surface area contributed by atoms with Crippen LogP contribution in [0.15, 0.2) is 24.3 Å². The summed E-state index contributed by atoms with van der Waals surface area (Å²) in [5.74, 6) is -1.17. The fraction of sp³-hybridized carbons (Fsp3) is 0.357. The van der Waals surface area contributed by atoms with Crippen LogP contribution in [0.2, 0.25) is 0 Å². The smallest absolute Gasteiger partial charge is 0.321 e. The second kappa shape index (κ2) is 5.26. The van der Waals surface area contributed by atoms with Crippen LogP contribution in [0.3, 0.4) is 0 Å². The number of halogens is 6. The van der Waals surface area contributed by atoms with Crippen molar-refractivity contribution in [2.24, 2.45) is 0 Å². The minimum absolute atomic E-state index is 0.00532. The molecule has 0 bridgehead atoms. The highest BCUT2D eigenvalue weighted by atomic mass is 19.4. The molecule has 0 fully saturated rings. The monoisotopic (exact) mass is 335 g/mol. The molecule has 1 aliphatic rings. The molecule has 2 heterocycles. The zero-order valence-corrected chi connectivity index (χ0v) is 11.6. The minimum Gasteiger partial charge on any atom is -0.321 e. The van der Waals surface area contributed by atoms with Gasteiger partial charge >= 0.3 is 12.4 Å². The lowest BCUT2D eigenvalue weighted by Gasteiger charge is -2.20. The molecular formula is C14H11F6N3. The molecule has 0 unspecified atom stereocenters. The molecule has 3 nitrogen and oxygen atoms in total. The van der Waals surface area contributed by atoms with E-state index in [9.17, 15) is 26.3 Å². The molecular weight excluding hydrogens is 324 g/mol. The van der Waals surface area contributed by atoms with Crippen LogP contribution in [0, 0.1) is 0 Å². The second-order valence-electron chi connectivity index (χ2n) is 5.10. The number of nitrogens with one attached hydrogen (secondary N) is 1. The first-order chi connectivity index (χ1) is 10.7. The van der Waals surface area contributed by atoms with Crippen molar-refractivity contribution >= 4 is 0 Å². The highest BCUT2D eigenvalue weighted by Crippen LogP contribution is 2.40. The van der Waals surface area contributed by atoms with Crippen molar-refractivity contribution in [2.45, 2.75) is 25.4 Å². The van der Waals surface area contributed by atoms with E-state index in [1.54, 1.807) is 0 Å². The number of aromatic nitrogens is 2. The van der Waals surface area contributed by atoms with Gasteiger partial charge in [0.2, 0.25) is 5.82 Å². The SMILES string of the molecule is FC(F)(F)c1ccccc1-c1nc(C(F)(F)F)n2c1CNCC2. The molecule has 0 saturated heterocycles. The number of hydrogen-bond acceptors (Lipinski definition) is 2. The number of benzene rings is 1. The van der Waals surface area contributed by atoms with Crippen LogP contribution in [-0.2, 0) is 25.4 Å². The molecule has 1 aromatic heterocycles. The van der Waals surface area contributed by atoms with Gasteiger partial charge in [-0.3, -0.25) is 0 Å². The van der Waals surface area contributed by atoms with E-state index in [4.69, 9.17) is 0 Å². The first-order valence-corrected chi connectivity index (χ1v) is 6.73. The minimum atomic E-state index is -4.72. The molecule has 1 N–H and O–H groups in total. The topological polar surface area (TPSA) is 29.9 Å². The number of alkyl halides is 6. The average Bonchev–Trinajstić information content (AvgIpc) is 2.86. The molecule has 0 radical (unpaired) electrons. The van der Waals surface area contributed by atoms with E-state index in [-0.39, 0.29) is 30.0 Å². The third kappa shape index (κ3) is 2.80. The summed E-state index contributed by atoms with van der Waals surface area (Å²) in [7, 11) is 0. The zero-order valence-electron chi connectivity index (χ0n) is 11.6. The number of hydrogen-bond donors (Lipinski definition) is 1. The van der Waals surface area contributed by atoms with E-state index in [0.717, 1.165) is 16.7 Å². The van der Waals surface area contributed by atoms with E-state index < -0.39 is 23.7 Å². The fourth-order valence-corrected chi connectivity index (χ4v) is 2.67. The maximum atomic E-state index is 13.1. The van der Waals surface area contributed by atoms with Gasteiger partial charge in [0.15, 0.2) is 0 Å². The van der Waals surface area contributed by atoms with Crippen LogP contribution in [0.1, 0.15) is 17.1 Å². The van der Waals surface area contributed by atoms with Crippen molar-refractivity contribution in [3.8, 4) is 11.3 Å². The Balaban J connectivity index is 2.25. The molecule has 124 valence electrons. The Bertz CT molecular complexity index is 729. The van der Waals surface area contributed by atoms with Crippen LogP contribution in [0.4, 0.5) is 26.3 Å². The van der Waals surface area contributed by atoms with Gasteiger partial charge in [0.1, 0.15) is 0 Å². The Morgan fingerprint density at radius 2 is 1.70 bits per heavy atom. The summed E-state index contributed by atoms with van der Waals surface area (Å²) in [5, 5.41) is 2.86. The molecule has 1 aliphatic heterocycles. The lowest BCUT2D eigenvalue weighted by Crippen LogP contribution is -2.30. The largest absolute Gasteiger partial charge is 0.449 e. The van der Waals surface area contributed by atoms with Crippen LogP contribution in [-0.4, -0.2) is 16.1 Å². The Hall–Kier alpha value is -2.03. The van der Waals surface area contributed by atoms with Crippen molar-refractivity contribution in [1.82, 2.24) is 14.9 Å². The zero-order chi connectivity index (χ0) is 16.8. The van der Waals surface area contributed by atoms with Gasteiger partial charge in [0, 0.05) is 25.2 Å². The Morgan fingerprint density at radius 3 is 2.35 bits per heavy atom. The van der Waals surface area contributed by atoms with Gasteiger partial charge in [-0.25, -0.2) is 4.98 Å². The second-order valence-corrected chi connectivity index (χ2v) is 5.10. The fourth-order valence-electron chi connectivity index (χ4n) is 2.67. The van der Waals surface area contributed by atoms with Crippen molar-refractivity contribution in [2.75, 3.05) is 6.54 Å². The van der Waals surface area contributed by atoms with Gasteiger partial charge in [-0.15, -0.1) is 0 Å². The molecule has 0 amide bonds. The van der Waals surface area contributed by atoms with Crippen molar-refractivity contribution in [1.29, 1.82) is 0 Å². The lowest BCUT2D eigenvalue weighted by atomic mass is 10.0. The maximum Gasteiger partial charge on any atom is 0.449 e. The number of rotatable bonds is 1. The molecule has 23 heavy (non-hydrogen) atoms. The third-order valence-electron chi connectivity index (χ3n) is 3.62. The van der Waals surface area contributed by atoms with E-state index in [0.29, 0.717) is 6.54 Å². The highest BCUT2D eigenvalue weighted by molar-refractivity contribution is 5.67. The van der Waals surface area contributed by atoms with Gasteiger partial charge in [-0.1, -0.05) is 18.2 Å². The van der Waals surface area contributed by atoms with Crippen molar-refractivity contribution in [3.63, 3.8) is 0 Å². The first kappa shape index (κ1) is 15.9. The van der Waals surface area contributed by atoms with E-state index >= 15 is 0 Å². The van der Waals surface area contributed by atoms with Gasteiger partial charge in [-0.05, 0) is 6.07 Å². The van der Waals surface area contributed by atoms with Crippen LogP contribution >= 0.6 is 0 Å². The first-order valence-electron chi connectivity index (χ1n) is 6.73. The Kier molecular flexibility index (Phi) is 3.62. The lowest BCUT2D eigenvalue weighted by molar-refractivity contribution is -0.147. The average molecular weight is 335 g/mol. The van der Waals surface area contributed by atoms with Gasteiger partial charge in [0.05, 0.1) is 17.0 Å². The summed E-state index contributed by atoms with van der Waals surface area (Å²) in [6, 6.07) is 4.52. The molecule has 3 rings (SSSR count). The predicted octanol–water partition coefficient (Wildman–Crippen LogP) is 3.69. The van der Waals surface area contributed by atoms with E-state index in [1.165, 1.54) is 12.1 Å². The molecule has 0 atom stereocenters. The summed E-state index contributed by atoms with van der Waals surface area (Å²) in [4.78, 5) is 3.51. The Labute approximate surface area is 126 Å². The standard InChI is InChI=1S/C14H11F6N3/c15-13(16,17)9-4-2-1-3-8(9)11-10-7-21-5-6-23(10)12(22-11)14(18,19)20/h1-4,21H,5-7H2. The number of fused-ring (bicyclic) bond motifs is 1. The van der Waals surface area contributed by atoms with E-state index in [2.05, 4.69) is 10.3 Å². The van der Waals surface area contributed by atoms with Crippen LogP contribution in [0.5, 0.6) is 0 Å². The summed E-state index contributed by atoms with van der Waals surface area (Å²) in [6.45, 7) is 0.336. The van der Waals surface area contributed by atoms with Crippen molar-refractivity contribution in [3.05, 3.63) is 41.3 Å². The summed E-state index contributed by atoms with van der Waals surface area (Å²) >= 11 is 0. The van der Waals surface area contributed by atoms with E-state index in [1.807, 2.05) is 0 Å². The molecule has 2 aromatic rings. The highest BCUT2D eigenvalue weighted by Gasteiger charge is 2.41. The number of imidazole rings is 1. The van der Waals surface area contributed by atoms with Crippen LogP contribution < -0.4 is 5.32 Å². The summed E-state index contributed by atoms with van der Waals surface area (Å²) in [6.07, 6.45) is -9.40. The Morgan fingerprint density at radius 1 is 1.00 bits per heavy atom. The van der Waals surface area contributed by atoms with Crippen LogP contribution in [0.25, 0.3) is 11.3 Å². The van der Waals surface area contributed by atoms with Gasteiger partial charge < -0.3 is 9.88 Å². The van der Waals surface area contributed by atoms with Crippen molar-refractivity contribution < 1.29 is 26.3 Å². The predicted molar refractivity (Wildman–Crippen MR) is 69.4 cm³/mol. The molecule has 9 heteroatoms. The van der Waals surface area contributed by atoms with Gasteiger partial charge in [-0.2, -0.15) is 26.3 Å². The van der Waals surface area contributed by atoms with Gasteiger partial charge in [0.25, 0.3) is 0 Å². The third-order valence-corrected chi connectivity index (χ3v) is 3.62. The quantitative estimate of drug-likeness (QED) is 0.806. The summed E-state index contributed by atoms with van der Waals surface area (Å²) < 4.78 is 79.7. The molecule has 0 saturated carbocycles.